The van der Waals surface area contributed by atoms with Gasteiger partial charge in [-0.05, 0) is 81.3 Å². The maximum Gasteiger partial charge on any atom is 0.0991 e. The number of piperazine rings is 1. The molecule has 0 spiro atoms. The molecular weight excluding hydrogens is 320 g/mol. The van der Waals surface area contributed by atoms with Gasteiger partial charge in [-0.3, -0.25) is 0 Å². The number of nitrogens with zero attached hydrogens (tertiary/aromatic N) is 3. The lowest BCUT2D eigenvalue weighted by atomic mass is 9.80. The van der Waals surface area contributed by atoms with Crippen molar-refractivity contribution < 1.29 is 0 Å². The van der Waals surface area contributed by atoms with Crippen molar-refractivity contribution in [2.24, 2.45) is 5.92 Å². The molecule has 4 rings (SSSR count). The van der Waals surface area contributed by atoms with Gasteiger partial charge in [-0.1, -0.05) is 12.1 Å². The number of nitrogens with one attached hydrogen (secondary N) is 1. The molecule has 0 amide bonds. The molecule has 2 aliphatic carbocycles. The molecule has 0 aromatic heterocycles. The zero-order chi connectivity index (χ0) is 18.0. The lowest BCUT2D eigenvalue weighted by Crippen LogP contribution is -2.45. The van der Waals surface area contributed by atoms with Crippen LogP contribution in [-0.2, 0) is 5.41 Å². The van der Waals surface area contributed by atoms with Crippen molar-refractivity contribution in [2.75, 3.05) is 46.3 Å². The molecule has 3 aliphatic rings. The first-order valence-electron chi connectivity index (χ1n) is 10.3. The summed E-state index contributed by atoms with van der Waals surface area (Å²) >= 11 is 0. The van der Waals surface area contributed by atoms with E-state index in [4.69, 9.17) is 5.26 Å². The molecule has 1 aromatic rings. The number of fused-ring (bicyclic) bond motifs is 1. The third kappa shape index (κ3) is 3.81. The molecule has 0 radical (unpaired) electrons. The largest absolute Gasteiger partial charge is 0.314 e. The molecule has 1 saturated heterocycles. The average molecular weight is 353 g/mol. The van der Waals surface area contributed by atoms with Crippen LogP contribution in [0.15, 0.2) is 24.3 Å². The minimum atomic E-state index is 0.394. The Morgan fingerprint density at radius 1 is 1.27 bits per heavy atom. The van der Waals surface area contributed by atoms with Gasteiger partial charge in [0, 0.05) is 32.2 Å². The second kappa shape index (κ2) is 7.68. The Kier molecular flexibility index (Phi) is 5.31. The predicted molar refractivity (Wildman–Crippen MR) is 105 cm³/mol. The highest BCUT2D eigenvalue weighted by Crippen LogP contribution is 2.62. The highest BCUT2D eigenvalue weighted by molar-refractivity contribution is 5.41. The first-order valence-corrected chi connectivity index (χ1v) is 10.3. The SMILES string of the molecule is CN1CCN(CCCN[C@@H]2CC[C@]3(c4cccc(C#N)c4)CC3C2)CC1. The zero-order valence-corrected chi connectivity index (χ0v) is 16.1. The van der Waals surface area contributed by atoms with E-state index in [1.807, 2.05) is 6.07 Å². The van der Waals surface area contributed by atoms with Crippen LogP contribution in [0.4, 0.5) is 0 Å². The summed E-state index contributed by atoms with van der Waals surface area (Å²) in [6.07, 6.45) is 6.46. The number of hydrogen-bond acceptors (Lipinski definition) is 4. The number of likely N-dealkylation sites (N-methyl/N-ethyl adjacent to an activating group) is 1. The molecule has 3 fully saturated rings. The summed E-state index contributed by atoms with van der Waals surface area (Å²) in [5.74, 6) is 0.820. The topological polar surface area (TPSA) is 42.3 Å². The number of hydrogen-bond donors (Lipinski definition) is 1. The molecule has 1 aliphatic heterocycles. The predicted octanol–water partition coefficient (Wildman–Crippen LogP) is 2.60. The maximum absolute atomic E-state index is 9.16. The Labute approximate surface area is 158 Å². The summed E-state index contributed by atoms with van der Waals surface area (Å²) < 4.78 is 0. The van der Waals surface area contributed by atoms with E-state index in [-0.39, 0.29) is 0 Å². The lowest BCUT2D eigenvalue weighted by molar-refractivity contribution is 0.152. The van der Waals surface area contributed by atoms with Gasteiger partial charge in [0.2, 0.25) is 0 Å². The van der Waals surface area contributed by atoms with E-state index < -0.39 is 0 Å². The fraction of sp³-hybridized carbons (Fsp3) is 0.682. The van der Waals surface area contributed by atoms with Crippen LogP contribution < -0.4 is 5.32 Å². The molecule has 140 valence electrons. The van der Waals surface area contributed by atoms with Crippen LogP contribution in [0.2, 0.25) is 0 Å². The van der Waals surface area contributed by atoms with E-state index in [1.165, 1.54) is 70.4 Å². The molecule has 1 N–H and O–H groups in total. The van der Waals surface area contributed by atoms with Crippen LogP contribution in [-0.4, -0.2) is 62.2 Å². The summed E-state index contributed by atoms with van der Waals surface area (Å²) in [5.41, 5.74) is 2.62. The highest BCUT2D eigenvalue weighted by Gasteiger charge is 2.57. The summed E-state index contributed by atoms with van der Waals surface area (Å²) in [5, 5.41) is 13.0. The van der Waals surface area contributed by atoms with E-state index >= 15 is 0 Å². The minimum absolute atomic E-state index is 0.394. The van der Waals surface area contributed by atoms with Crippen molar-refractivity contribution >= 4 is 0 Å². The van der Waals surface area contributed by atoms with Gasteiger partial charge >= 0.3 is 0 Å². The average Bonchev–Trinajstić information content (AvgIpc) is 3.42. The molecule has 1 aromatic carbocycles. The van der Waals surface area contributed by atoms with Crippen molar-refractivity contribution in [2.45, 2.75) is 43.6 Å². The smallest absolute Gasteiger partial charge is 0.0991 e. The van der Waals surface area contributed by atoms with Crippen LogP contribution >= 0.6 is 0 Å². The van der Waals surface area contributed by atoms with Crippen LogP contribution in [0.5, 0.6) is 0 Å². The van der Waals surface area contributed by atoms with Gasteiger partial charge in [-0.2, -0.15) is 5.26 Å². The van der Waals surface area contributed by atoms with Crippen molar-refractivity contribution in [1.82, 2.24) is 15.1 Å². The van der Waals surface area contributed by atoms with Crippen molar-refractivity contribution in [3.8, 4) is 6.07 Å². The highest BCUT2D eigenvalue weighted by atomic mass is 15.2. The Morgan fingerprint density at radius 3 is 2.88 bits per heavy atom. The van der Waals surface area contributed by atoms with Gasteiger partial charge in [0.15, 0.2) is 0 Å². The molecule has 2 saturated carbocycles. The molecule has 26 heavy (non-hydrogen) atoms. The van der Waals surface area contributed by atoms with Crippen molar-refractivity contribution in [3.05, 3.63) is 35.4 Å². The summed E-state index contributed by atoms with van der Waals surface area (Å²) in [7, 11) is 2.22. The van der Waals surface area contributed by atoms with Gasteiger partial charge < -0.3 is 15.1 Å². The van der Waals surface area contributed by atoms with Gasteiger partial charge in [-0.25, -0.2) is 0 Å². The first-order chi connectivity index (χ1) is 12.7. The standard InChI is InChI=1S/C22H32N4/c1-25-10-12-26(13-11-25)9-3-8-24-21-6-7-22(16-20(22)15-21)19-5-2-4-18(14-19)17-23/h2,4-5,14,20-21,24H,3,6-13,15-16H2,1H3/t20?,21-,22-/m1/s1. The van der Waals surface area contributed by atoms with Gasteiger partial charge in [0.05, 0.1) is 11.6 Å². The minimum Gasteiger partial charge on any atom is -0.314 e. The maximum atomic E-state index is 9.16. The fourth-order valence-electron chi connectivity index (χ4n) is 5.15. The molecule has 0 bridgehead atoms. The Hall–Kier alpha value is -1.41. The molecule has 4 heteroatoms. The second-order valence-corrected chi connectivity index (χ2v) is 8.67. The summed E-state index contributed by atoms with van der Waals surface area (Å²) in [6, 6.07) is 11.3. The summed E-state index contributed by atoms with van der Waals surface area (Å²) in [4.78, 5) is 5.03. The van der Waals surface area contributed by atoms with E-state index in [9.17, 15) is 0 Å². The number of nitriles is 1. The third-order valence-corrected chi connectivity index (χ3v) is 6.99. The first kappa shape index (κ1) is 18.0. The molecule has 4 nitrogen and oxygen atoms in total. The van der Waals surface area contributed by atoms with Crippen LogP contribution in [0.3, 0.4) is 0 Å². The fourth-order valence-corrected chi connectivity index (χ4v) is 5.15. The Morgan fingerprint density at radius 2 is 2.12 bits per heavy atom. The van der Waals surface area contributed by atoms with E-state index in [2.05, 4.69) is 46.4 Å². The van der Waals surface area contributed by atoms with E-state index in [1.54, 1.807) is 0 Å². The van der Waals surface area contributed by atoms with Gasteiger partial charge in [0.25, 0.3) is 0 Å². The zero-order valence-electron chi connectivity index (χ0n) is 16.1. The Balaban J connectivity index is 1.19. The van der Waals surface area contributed by atoms with E-state index in [0.29, 0.717) is 11.5 Å². The quantitative estimate of drug-likeness (QED) is 0.799. The van der Waals surface area contributed by atoms with Crippen LogP contribution in [0, 0.1) is 17.2 Å². The van der Waals surface area contributed by atoms with Gasteiger partial charge in [-0.15, -0.1) is 0 Å². The Bertz CT molecular complexity index is 658. The lowest BCUT2D eigenvalue weighted by Gasteiger charge is -2.33. The monoisotopic (exact) mass is 352 g/mol. The molecule has 3 atom stereocenters. The molecular formula is C22H32N4. The molecule has 1 heterocycles. The summed E-state index contributed by atoms with van der Waals surface area (Å²) in [6.45, 7) is 7.28. The normalized spacial score (nSPS) is 32.0. The third-order valence-electron chi connectivity index (χ3n) is 6.99. The van der Waals surface area contributed by atoms with Gasteiger partial charge in [0.1, 0.15) is 0 Å². The number of rotatable bonds is 6. The van der Waals surface area contributed by atoms with Crippen LogP contribution in [0.1, 0.15) is 43.2 Å². The van der Waals surface area contributed by atoms with Crippen molar-refractivity contribution in [3.63, 3.8) is 0 Å². The van der Waals surface area contributed by atoms with Crippen LogP contribution in [0.25, 0.3) is 0 Å². The van der Waals surface area contributed by atoms with E-state index in [0.717, 1.165) is 18.0 Å². The van der Waals surface area contributed by atoms with Crippen molar-refractivity contribution in [1.29, 1.82) is 5.26 Å². The second-order valence-electron chi connectivity index (χ2n) is 8.67. The number of benzene rings is 1. The molecule has 1 unspecified atom stereocenters.